The average molecular weight is 286 g/mol. The molecule has 3 aliphatic rings. The summed E-state index contributed by atoms with van der Waals surface area (Å²) in [5, 5.41) is 9.68. The molecule has 21 heavy (non-hydrogen) atoms. The molecular weight excluding hydrogens is 264 g/mol. The van der Waals surface area contributed by atoms with Crippen LogP contribution >= 0.6 is 0 Å². The van der Waals surface area contributed by atoms with Crippen LogP contribution in [0.15, 0.2) is 18.2 Å². The molecule has 0 bridgehead atoms. The molecule has 2 fully saturated rings. The third-order valence-corrected chi connectivity index (χ3v) is 6.05. The van der Waals surface area contributed by atoms with Crippen LogP contribution in [-0.4, -0.2) is 16.7 Å². The lowest BCUT2D eigenvalue weighted by Gasteiger charge is -2.53. The number of rotatable bonds is 0. The van der Waals surface area contributed by atoms with E-state index in [0.29, 0.717) is 29.9 Å². The number of esters is 1. The van der Waals surface area contributed by atoms with Crippen molar-refractivity contribution in [3.05, 3.63) is 29.3 Å². The maximum atomic E-state index is 11.7. The van der Waals surface area contributed by atoms with Crippen LogP contribution in [0.3, 0.4) is 0 Å². The number of aryl methyl sites for hydroxylation is 1. The van der Waals surface area contributed by atoms with Crippen LogP contribution < -0.4 is 0 Å². The molecule has 3 nitrogen and oxygen atoms in total. The fraction of sp³-hybridized carbons (Fsp3) is 0.611. The number of hydrogen-bond acceptors (Lipinski definition) is 3. The van der Waals surface area contributed by atoms with Crippen molar-refractivity contribution >= 4 is 5.97 Å². The summed E-state index contributed by atoms with van der Waals surface area (Å²) in [7, 11) is 0. The Balaban J connectivity index is 1.69. The molecule has 1 saturated heterocycles. The third kappa shape index (κ3) is 1.97. The van der Waals surface area contributed by atoms with Crippen molar-refractivity contribution in [2.24, 2.45) is 11.8 Å². The van der Waals surface area contributed by atoms with E-state index < -0.39 is 0 Å². The lowest BCUT2D eigenvalue weighted by molar-refractivity contribution is -0.185. The van der Waals surface area contributed by atoms with Gasteiger partial charge in [0.1, 0.15) is 11.4 Å². The van der Waals surface area contributed by atoms with Crippen molar-refractivity contribution in [2.45, 2.75) is 57.0 Å². The number of aromatic hydroxyl groups is 1. The first kappa shape index (κ1) is 13.2. The van der Waals surface area contributed by atoms with Gasteiger partial charge >= 0.3 is 5.97 Å². The summed E-state index contributed by atoms with van der Waals surface area (Å²) in [5.41, 5.74) is 2.49. The second-order valence-electron chi connectivity index (χ2n) is 7.16. The standard InChI is InChI=1S/C18H22O3/c1-18-9-8-14-13-5-3-12(19)10-11(13)2-4-15(14)16(18)6-7-17(20)21-18/h3,5,10,14-16,19H,2,4,6-9H2,1H3/t14?,15?,16?,18-/m0/s1. The zero-order valence-electron chi connectivity index (χ0n) is 12.5. The van der Waals surface area contributed by atoms with Gasteiger partial charge in [0.05, 0.1) is 0 Å². The highest BCUT2D eigenvalue weighted by Crippen LogP contribution is 2.55. The molecule has 1 aliphatic heterocycles. The summed E-state index contributed by atoms with van der Waals surface area (Å²) in [6.07, 6.45) is 5.79. The quantitative estimate of drug-likeness (QED) is 0.742. The summed E-state index contributed by atoms with van der Waals surface area (Å²) < 4.78 is 5.75. The number of carbonyl (C=O) groups excluding carboxylic acids is 1. The minimum absolute atomic E-state index is 0.0201. The molecule has 0 radical (unpaired) electrons. The van der Waals surface area contributed by atoms with Crippen LogP contribution in [-0.2, 0) is 16.0 Å². The molecular formula is C18H22O3. The van der Waals surface area contributed by atoms with E-state index in [-0.39, 0.29) is 11.6 Å². The van der Waals surface area contributed by atoms with Gasteiger partial charge in [0, 0.05) is 12.3 Å². The molecule has 1 saturated carbocycles. The predicted octanol–water partition coefficient (Wildman–Crippen LogP) is 3.54. The van der Waals surface area contributed by atoms with E-state index >= 15 is 0 Å². The van der Waals surface area contributed by atoms with Gasteiger partial charge in [-0.3, -0.25) is 4.79 Å². The number of carbonyl (C=O) groups is 1. The second-order valence-corrected chi connectivity index (χ2v) is 7.16. The first-order valence-corrected chi connectivity index (χ1v) is 8.10. The van der Waals surface area contributed by atoms with E-state index in [1.807, 2.05) is 12.1 Å². The van der Waals surface area contributed by atoms with Gasteiger partial charge in [0.2, 0.25) is 0 Å². The second kappa shape index (κ2) is 4.49. The van der Waals surface area contributed by atoms with Gasteiger partial charge in [-0.1, -0.05) is 6.07 Å². The van der Waals surface area contributed by atoms with Crippen LogP contribution in [0.4, 0.5) is 0 Å². The zero-order chi connectivity index (χ0) is 14.6. The molecule has 3 heteroatoms. The van der Waals surface area contributed by atoms with Crippen LogP contribution in [0, 0.1) is 11.8 Å². The van der Waals surface area contributed by atoms with Crippen LogP contribution in [0.25, 0.3) is 0 Å². The molecule has 112 valence electrons. The van der Waals surface area contributed by atoms with Gasteiger partial charge in [-0.15, -0.1) is 0 Å². The van der Waals surface area contributed by atoms with Gasteiger partial charge in [-0.2, -0.15) is 0 Å². The number of phenols is 1. The Morgan fingerprint density at radius 2 is 2.10 bits per heavy atom. The Hall–Kier alpha value is -1.51. The van der Waals surface area contributed by atoms with E-state index in [1.54, 1.807) is 0 Å². The Bertz CT molecular complexity index is 594. The minimum atomic E-state index is -0.245. The van der Waals surface area contributed by atoms with Crippen molar-refractivity contribution in [1.29, 1.82) is 0 Å². The monoisotopic (exact) mass is 286 g/mol. The summed E-state index contributed by atoms with van der Waals surface area (Å²) in [6, 6.07) is 5.86. The topological polar surface area (TPSA) is 46.5 Å². The number of hydrogen-bond donors (Lipinski definition) is 1. The minimum Gasteiger partial charge on any atom is -0.508 e. The SMILES string of the molecule is C[C@]12CCC3c4ccc(O)cc4CCC3C1CCC(=O)O2. The highest BCUT2D eigenvalue weighted by molar-refractivity contribution is 5.71. The number of benzene rings is 1. The Morgan fingerprint density at radius 3 is 2.95 bits per heavy atom. The van der Waals surface area contributed by atoms with Crippen molar-refractivity contribution in [2.75, 3.05) is 0 Å². The molecule has 4 atom stereocenters. The fourth-order valence-corrected chi connectivity index (χ4v) is 5.09. The maximum Gasteiger partial charge on any atom is 0.306 e. The molecule has 0 amide bonds. The molecule has 1 aromatic carbocycles. The van der Waals surface area contributed by atoms with E-state index in [9.17, 15) is 9.90 Å². The average Bonchev–Trinajstić information content (AvgIpc) is 2.45. The molecule has 1 heterocycles. The first-order valence-electron chi connectivity index (χ1n) is 8.10. The van der Waals surface area contributed by atoms with Crippen molar-refractivity contribution in [3.8, 4) is 5.75 Å². The van der Waals surface area contributed by atoms with E-state index in [1.165, 1.54) is 11.1 Å². The summed E-state index contributed by atoms with van der Waals surface area (Å²) in [6.45, 7) is 2.14. The molecule has 0 spiro atoms. The first-order chi connectivity index (χ1) is 10.1. The van der Waals surface area contributed by atoms with E-state index in [4.69, 9.17) is 4.74 Å². The molecule has 0 aromatic heterocycles. The van der Waals surface area contributed by atoms with Gasteiger partial charge in [-0.25, -0.2) is 0 Å². The highest BCUT2D eigenvalue weighted by Gasteiger charge is 2.52. The summed E-state index contributed by atoms with van der Waals surface area (Å²) >= 11 is 0. The summed E-state index contributed by atoms with van der Waals surface area (Å²) in [4.78, 5) is 11.7. The lowest BCUT2D eigenvalue weighted by Crippen LogP contribution is -2.52. The number of phenolic OH excluding ortho intramolecular Hbond substituents is 1. The van der Waals surface area contributed by atoms with Gasteiger partial charge in [0.25, 0.3) is 0 Å². The number of ether oxygens (including phenoxy) is 1. The lowest BCUT2D eigenvalue weighted by atomic mass is 9.57. The zero-order valence-corrected chi connectivity index (χ0v) is 12.5. The molecule has 1 N–H and O–H groups in total. The Labute approximate surface area is 125 Å². The van der Waals surface area contributed by atoms with Gasteiger partial charge < -0.3 is 9.84 Å². The molecule has 4 rings (SSSR count). The van der Waals surface area contributed by atoms with Crippen LogP contribution in [0.2, 0.25) is 0 Å². The molecule has 3 unspecified atom stereocenters. The maximum absolute atomic E-state index is 11.7. The number of fused-ring (bicyclic) bond motifs is 5. The van der Waals surface area contributed by atoms with E-state index in [2.05, 4.69) is 13.0 Å². The summed E-state index contributed by atoms with van der Waals surface area (Å²) in [5.74, 6) is 2.04. The predicted molar refractivity (Wildman–Crippen MR) is 79.1 cm³/mol. The van der Waals surface area contributed by atoms with E-state index in [0.717, 1.165) is 32.1 Å². The largest absolute Gasteiger partial charge is 0.508 e. The van der Waals surface area contributed by atoms with Crippen molar-refractivity contribution in [3.63, 3.8) is 0 Å². The van der Waals surface area contributed by atoms with Crippen molar-refractivity contribution < 1.29 is 14.6 Å². The van der Waals surface area contributed by atoms with Gasteiger partial charge in [-0.05, 0) is 74.1 Å². The van der Waals surface area contributed by atoms with Crippen molar-refractivity contribution in [1.82, 2.24) is 0 Å². The van der Waals surface area contributed by atoms with Crippen LogP contribution in [0.1, 0.15) is 56.1 Å². The molecule has 2 aliphatic carbocycles. The third-order valence-electron chi connectivity index (χ3n) is 6.05. The van der Waals surface area contributed by atoms with Gasteiger partial charge in [0.15, 0.2) is 0 Å². The highest BCUT2D eigenvalue weighted by atomic mass is 16.6. The fourth-order valence-electron chi connectivity index (χ4n) is 5.09. The van der Waals surface area contributed by atoms with Crippen LogP contribution in [0.5, 0.6) is 5.75 Å². The molecule has 1 aromatic rings. The Morgan fingerprint density at radius 1 is 1.24 bits per heavy atom. The Kier molecular flexibility index (Phi) is 2.82. The smallest absolute Gasteiger partial charge is 0.306 e. The normalized spacial score (nSPS) is 38.0.